The quantitative estimate of drug-likeness (QED) is 0.387. The van der Waals surface area contributed by atoms with Crippen molar-refractivity contribution in [2.24, 2.45) is 0 Å². The highest BCUT2D eigenvalue weighted by Gasteiger charge is 2.35. The summed E-state index contributed by atoms with van der Waals surface area (Å²) in [4.78, 5) is 41.4. The van der Waals surface area contributed by atoms with Gasteiger partial charge in [0.25, 0.3) is 0 Å². The van der Waals surface area contributed by atoms with Crippen LogP contribution in [0.2, 0.25) is 0 Å². The summed E-state index contributed by atoms with van der Waals surface area (Å²) in [7, 11) is 1.56. The normalized spacial score (nSPS) is 11.9. The first-order valence-corrected chi connectivity index (χ1v) is 12.2. The van der Waals surface area contributed by atoms with E-state index in [0.717, 1.165) is 0 Å². The highest BCUT2D eigenvalue weighted by Crippen LogP contribution is 2.31. The molecule has 1 heterocycles. The molecule has 1 aromatic heterocycles. The number of carbonyl (C=O) groups excluding carboxylic acids is 3. The number of hydrogen-bond acceptors (Lipinski definition) is 6. The van der Waals surface area contributed by atoms with E-state index in [0.29, 0.717) is 29.2 Å². The van der Waals surface area contributed by atoms with Crippen molar-refractivity contribution in [1.29, 1.82) is 0 Å². The summed E-state index contributed by atoms with van der Waals surface area (Å²) >= 11 is 0. The second-order valence-electron chi connectivity index (χ2n) is 9.37. The number of ether oxygens (including phenoxy) is 1. The number of benzene rings is 2. The van der Waals surface area contributed by atoms with E-state index in [4.69, 9.17) is 9.26 Å². The summed E-state index contributed by atoms with van der Waals surface area (Å²) in [6.07, 6.45) is 0.495. The van der Waals surface area contributed by atoms with Crippen LogP contribution in [-0.4, -0.2) is 35.5 Å². The average molecular weight is 507 g/mol. The maximum atomic E-state index is 13.7. The monoisotopic (exact) mass is 506 g/mol. The molecule has 0 bridgehead atoms. The van der Waals surface area contributed by atoms with Gasteiger partial charge in [0.2, 0.25) is 17.7 Å². The molecule has 1 atom stereocenters. The average Bonchev–Trinajstić information content (AvgIpc) is 3.30. The topological polar surface area (TPSA) is 114 Å². The van der Waals surface area contributed by atoms with Gasteiger partial charge >= 0.3 is 0 Å². The van der Waals surface area contributed by atoms with Crippen molar-refractivity contribution in [2.75, 3.05) is 17.3 Å². The van der Waals surface area contributed by atoms with Crippen LogP contribution in [0.5, 0.6) is 5.75 Å². The molecular weight excluding hydrogens is 472 g/mol. The molecule has 0 aliphatic rings. The zero-order chi connectivity index (χ0) is 27.0. The first kappa shape index (κ1) is 27.4. The minimum Gasteiger partial charge on any atom is -0.497 e. The molecular formula is C28H34N4O5. The molecule has 3 amide bonds. The Morgan fingerprint density at radius 3 is 2.30 bits per heavy atom. The van der Waals surface area contributed by atoms with Gasteiger partial charge in [-0.3, -0.25) is 19.3 Å². The van der Waals surface area contributed by atoms with Crippen LogP contribution in [0.4, 0.5) is 11.5 Å². The minimum absolute atomic E-state index is 0.0918. The fourth-order valence-corrected chi connectivity index (χ4v) is 3.69. The van der Waals surface area contributed by atoms with Crippen molar-refractivity contribution in [1.82, 2.24) is 10.5 Å². The fourth-order valence-electron chi connectivity index (χ4n) is 3.69. The lowest BCUT2D eigenvalue weighted by Crippen LogP contribution is -2.50. The maximum Gasteiger partial charge on any atom is 0.248 e. The number of amides is 3. The maximum absolute atomic E-state index is 13.7. The Morgan fingerprint density at radius 1 is 1.05 bits per heavy atom. The minimum atomic E-state index is -0.965. The molecule has 0 radical (unpaired) electrons. The van der Waals surface area contributed by atoms with Gasteiger partial charge in [0, 0.05) is 30.1 Å². The van der Waals surface area contributed by atoms with Crippen LogP contribution in [-0.2, 0) is 14.4 Å². The molecule has 0 fully saturated rings. The number of anilines is 2. The predicted molar refractivity (Wildman–Crippen MR) is 141 cm³/mol. The first-order valence-electron chi connectivity index (χ1n) is 12.2. The zero-order valence-electron chi connectivity index (χ0n) is 21.9. The molecule has 9 nitrogen and oxygen atoms in total. The molecule has 0 saturated heterocycles. The molecule has 3 rings (SSSR count). The molecule has 2 N–H and O–H groups in total. The number of aromatic nitrogens is 1. The van der Waals surface area contributed by atoms with E-state index in [1.165, 1.54) is 4.90 Å². The highest BCUT2D eigenvalue weighted by atomic mass is 16.5. The van der Waals surface area contributed by atoms with E-state index >= 15 is 0 Å². The Labute approximate surface area is 217 Å². The van der Waals surface area contributed by atoms with Gasteiger partial charge in [-0.05, 0) is 57.0 Å². The van der Waals surface area contributed by atoms with Gasteiger partial charge in [-0.15, -0.1) is 0 Å². The van der Waals surface area contributed by atoms with Gasteiger partial charge in [0.1, 0.15) is 17.6 Å². The summed E-state index contributed by atoms with van der Waals surface area (Å²) in [5, 5.41) is 9.45. The molecule has 0 spiro atoms. The number of aryl methyl sites for hydroxylation is 1. The van der Waals surface area contributed by atoms with Crippen LogP contribution in [0.3, 0.4) is 0 Å². The van der Waals surface area contributed by atoms with Crippen LogP contribution in [0.15, 0.2) is 65.2 Å². The standard InChI is InChI=1S/C28H34N4O5/c1-6-28(3,4)30-27(35)26(20-12-14-22(36-5)15-13-20)32(21-10-8-7-9-11-21)25(34)17-16-24(33)29-23-18-19(2)37-31-23/h7-15,18,26H,6,16-17H2,1-5H3,(H,30,35)(H,29,31,33)/t26-/m1/s1. The largest absolute Gasteiger partial charge is 0.497 e. The van der Waals surface area contributed by atoms with Crippen LogP contribution in [0.25, 0.3) is 0 Å². The Balaban J connectivity index is 1.93. The highest BCUT2D eigenvalue weighted by molar-refractivity contribution is 6.03. The molecule has 0 unspecified atom stereocenters. The Hall–Kier alpha value is -4.14. The van der Waals surface area contributed by atoms with Crippen molar-refractivity contribution in [2.45, 2.75) is 58.5 Å². The molecule has 2 aromatic carbocycles. The third-order valence-electron chi connectivity index (χ3n) is 6.05. The molecule has 37 heavy (non-hydrogen) atoms. The van der Waals surface area contributed by atoms with Crippen molar-refractivity contribution >= 4 is 29.2 Å². The second-order valence-corrected chi connectivity index (χ2v) is 9.37. The number of nitrogens with one attached hydrogen (secondary N) is 2. The summed E-state index contributed by atoms with van der Waals surface area (Å²) in [6.45, 7) is 7.56. The van der Waals surface area contributed by atoms with Crippen LogP contribution in [0, 0.1) is 6.92 Å². The van der Waals surface area contributed by atoms with Crippen molar-refractivity contribution in [3.8, 4) is 5.75 Å². The van der Waals surface area contributed by atoms with E-state index in [-0.39, 0.29) is 36.4 Å². The molecule has 9 heteroatoms. The Morgan fingerprint density at radius 2 is 1.73 bits per heavy atom. The Kier molecular flexibility index (Phi) is 9.05. The van der Waals surface area contributed by atoms with Crippen LogP contribution < -0.4 is 20.3 Å². The summed E-state index contributed by atoms with van der Waals surface area (Å²) in [5.74, 6) is 0.401. The molecule has 196 valence electrons. The number of carbonyl (C=O) groups is 3. The van der Waals surface area contributed by atoms with Gasteiger partial charge in [-0.25, -0.2) is 0 Å². The smallest absolute Gasteiger partial charge is 0.248 e. The Bertz CT molecular complexity index is 1200. The van der Waals surface area contributed by atoms with Gasteiger partial charge in [0.15, 0.2) is 5.82 Å². The van der Waals surface area contributed by atoms with Crippen LogP contribution in [0.1, 0.15) is 57.4 Å². The van der Waals surface area contributed by atoms with E-state index in [2.05, 4.69) is 15.8 Å². The summed E-state index contributed by atoms with van der Waals surface area (Å²) < 4.78 is 10.2. The molecule has 0 aliphatic carbocycles. The second kappa shape index (κ2) is 12.2. The zero-order valence-corrected chi connectivity index (χ0v) is 21.9. The van der Waals surface area contributed by atoms with Gasteiger partial charge in [-0.2, -0.15) is 0 Å². The van der Waals surface area contributed by atoms with Crippen LogP contribution >= 0.6 is 0 Å². The molecule has 3 aromatic rings. The first-order chi connectivity index (χ1) is 17.6. The van der Waals surface area contributed by atoms with E-state index in [1.54, 1.807) is 68.6 Å². The molecule has 0 aliphatic heterocycles. The number of nitrogens with zero attached hydrogens (tertiary/aromatic N) is 2. The van der Waals surface area contributed by atoms with E-state index in [9.17, 15) is 14.4 Å². The van der Waals surface area contributed by atoms with Crippen molar-refractivity contribution < 1.29 is 23.6 Å². The van der Waals surface area contributed by atoms with E-state index in [1.807, 2.05) is 26.8 Å². The van der Waals surface area contributed by atoms with Gasteiger partial charge in [-0.1, -0.05) is 42.4 Å². The summed E-state index contributed by atoms with van der Waals surface area (Å²) in [5.41, 5.74) is 0.679. The number of methoxy groups -OCH3 is 1. The summed E-state index contributed by atoms with van der Waals surface area (Å²) in [6, 6.07) is 16.6. The number of para-hydroxylation sites is 1. The fraction of sp³-hybridized carbons (Fsp3) is 0.357. The van der Waals surface area contributed by atoms with Crippen molar-refractivity contribution in [3.05, 3.63) is 72.0 Å². The third kappa shape index (κ3) is 7.42. The van der Waals surface area contributed by atoms with E-state index < -0.39 is 11.6 Å². The number of rotatable bonds is 11. The lowest BCUT2D eigenvalue weighted by Gasteiger charge is -2.34. The third-order valence-corrected chi connectivity index (χ3v) is 6.05. The van der Waals surface area contributed by atoms with Gasteiger partial charge < -0.3 is 19.9 Å². The molecule has 0 saturated carbocycles. The SMILES string of the molecule is CCC(C)(C)NC(=O)[C@@H](c1ccc(OC)cc1)N(C(=O)CCC(=O)Nc1cc(C)on1)c1ccccc1. The van der Waals surface area contributed by atoms with Crippen molar-refractivity contribution in [3.63, 3.8) is 0 Å². The predicted octanol–water partition coefficient (Wildman–Crippen LogP) is 4.79. The number of hydrogen-bond donors (Lipinski definition) is 2. The lowest BCUT2D eigenvalue weighted by atomic mass is 9.98. The lowest BCUT2D eigenvalue weighted by molar-refractivity contribution is -0.128. The van der Waals surface area contributed by atoms with Gasteiger partial charge in [0.05, 0.1) is 7.11 Å².